The highest BCUT2D eigenvalue weighted by atomic mass is 17.2. The fraction of sp³-hybridized carbons (Fsp3) is 0.333. The van der Waals surface area contributed by atoms with Gasteiger partial charge in [-0.3, -0.25) is 14.8 Å². The minimum absolute atomic E-state index is 0.461. The maximum absolute atomic E-state index is 10.7. The molecule has 1 aromatic carbocycles. The van der Waals surface area contributed by atoms with Crippen LogP contribution in [0.15, 0.2) is 48.8 Å². The molecule has 2 aromatic rings. The number of anilines is 1. The standard InChI is InChI=1S/C18H20N2O3/c1-14(21)22-23-18-4-2-15(3-5-18)16-8-12-20(13-9-16)17-6-10-19-11-7-17/h2-7,10-11,16H,8-9,12-13H2,1H3. The molecule has 0 bridgehead atoms. The quantitative estimate of drug-likeness (QED) is 0.640. The molecule has 3 rings (SSSR count). The molecule has 0 saturated carbocycles. The van der Waals surface area contributed by atoms with Gasteiger partial charge in [-0.2, -0.15) is 0 Å². The lowest BCUT2D eigenvalue weighted by Crippen LogP contribution is -2.32. The van der Waals surface area contributed by atoms with E-state index in [2.05, 4.69) is 26.9 Å². The number of carbonyl (C=O) groups excluding carboxylic acids is 1. The Morgan fingerprint density at radius 1 is 1.09 bits per heavy atom. The third-order valence-corrected chi connectivity index (χ3v) is 4.13. The van der Waals surface area contributed by atoms with Crippen molar-refractivity contribution >= 4 is 11.7 Å². The average molecular weight is 312 g/mol. The third-order valence-electron chi connectivity index (χ3n) is 4.13. The zero-order valence-electron chi connectivity index (χ0n) is 13.1. The first-order chi connectivity index (χ1) is 11.2. The normalized spacial score (nSPS) is 15.3. The van der Waals surface area contributed by atoms with E-state index in [0.29, 0.717) is 11.7 Å². The highest BCUT2D eigenvalue weighted by molar-refractivity contribution is 5.65. The summed E-state index contributed by atoms with van der Waals surface area (Å²) in [5, 5.41) is 0. The SMILES string of the molecule is CC(=O)OOc1ccc(C2CCN(c3ccncc3)CC2)cc1. The Kier molecular flexibility index (Phi) is 4.76. The predicted octanol–water partition coefficient (Wildman–Crippen LogP) is 3.32. The van der Waals surface area contributed by atoms with Gasteiger partial charge in [-0.05, 0) is 48.6 Å². The Morgan fingerprint density at radius 2 is 1.74 bits per heavy atom. The molecule has 1 aromatic heterocycles. The summed E-state index contributed by atoms with van der Waals surface area (Å²) in [6.07, 6.45) is 5.91. The van der Waals surface area contributed by atoms with Crippen LogP contribution >= 0.6 is 0 Å². The second kappa shape index (κ2) is 7.13. The first-order valence-corrected chi connectivity index (χ1v) is 7.82. The van der Waals surface area contributed by atoms with Gasteiger partial charge in [0.15, 0.2) is 5.75 Å². The van der Waals surface area contributed by atoms with Crippen molar-refractivity contribution in [2.75, 3.05) is 18.0 Å². The maximum Gasteiger partial charge on any atom is 0.352 e. The molecule has 120 valence electrons. The van der Waals surface area contributed by atoms with Crippen molar-refractivity contribution in [2.24, 2.45) is 0 Å². The van der Waals surface area contributed by atoms with Crippen molar-refractivity contribution in [2.45, 2.75) is 25.7 Å². The summed E-state index contributed by atoms with van der Waals surface area (Å²) in [6.45, 7) is 3.39. The number of piperidine rings is 1. The van der Waals surface area contributed by atoms with E-state index in [9.17, 15) is 4.79 Å². The van der Waals surface area contributed by atoms with Crippen LogP contribution in [0.2, 0.25) is 0 Å². The predicted molar refractivity (Wildman–Crippen MR) is 87.3 cm³/mol. The monoisotopic (exact) mass is 312 g/mol. The first kappa shape index (κ1) is 15.3. The molecule has 1 fully saturated rings. The number of carbonyl (C=O) groups is 1. The number of rotatable bonds is 4. The molecule has 0 amide bonds. The van der Waals surface area contributed by atoms with Gasteiger partial charge in [0.1, 0.15) is 0 Å². The molecule has 0 aliphatic carbocycles. The molecule has 0 atom stereocenters. The van der Waals surface area contributed by atoms with E-state index in [1.165, 1.54) is 18.2 Å². The second-order valence-electron chi connectivity index (χ2n) is 5.69. The minimum atomic E-state index is -0.461. The fourth-order valence-corrected chi connectivity index (χ4v) is 2.93. The molecule has 1 saturated heterocycles. The van der Waals surface area contributed by atoms with Crippen LogP contribution in [0.25, 0.3) is 0 Å². The zero-order chi connectivity index (χ0) is 16.1. The van der Waals surface area contributed by atoms with Crippen LogP contribution in [-0.4, -0.2) is 24.0 Å². The highest BCUT2D eigenvalue weighted by Crippen LogP contribution is 2.31. The first-order valence-electron chi connectivity index (χ1n) is 7.82. The van der Waals surface area contributed by atoms with Crippen molar-refractivity contribution < 1.29 is 14.6 Å². The van der Waals surface area contributed by atoms with E-state index < -0.39 is 5.97 Å². The van der Waals surface area contributed by atoms with Crippen molar-refractivity contribution in [1.29, 1.82) is 0 Å². The lowest BCUT2D eigenvalue weighted by Gasteiger charge is -2.33. The van der Waals surface area contributed by atoms with Crippen LogP contribution in [0.3, 0.4) is 0 Å². The summed E-state index contributed by atoms with van der Waals surface area (Å²) in [4.78, 5) is 26.6. The van der Waals surface area contributed by atoms with Gasteiger partial charge in [0.25, 0.3) is 0 Å². The summed E-state index contributed by atoms with van der Waals surface area (Å²) in [5.74, 6) is 0.631. The topological polar surface area (TPSA) is 51.7 Å². The van der Waals surface area contributed by atoms with E-state index in [1.54, 1.807) is 0 Å². The van der Waals surface area contributed by atoms with Crippen LogP contribution in [0.5, 0.6) is 5.75 Å². The summed E-state index contributed by atoms with van der Waals surface area (Å²) in [5.41, 5.74) is 2.54. The van der Waals surface area contributed by atoms with Crippen molar-refractivity contribution in [3.63, 3.8) is 0 Å². The zero-order valence-corrected chi connectivity index (χ0v) is 13.1. The Balaban J connectivity index is 1.56. The molecule has 1 aliphatic rings. The second-order valence-corrected chi connectivity index (χ2v) is 5.69. The molecule has 5 nitrogen and oxygen atoms in total. The van der Waals surface area contributed by atoms with Gasteiger partial charge in [0.05, 0.1) is 0 Å². The largest absolute Gasteiger partial charge is 0.371 e. The molecule has 23 heavy (non-hydrogen) atoms. The van der Waals surface area contributed by atoms with Crippen LogP contribution < -0.4 is 9.79 Å². The average Bonchev–Trinajstić information content (AvgIpc) is 2.61. The van der Waals surface area contributed by atoms with E-state index >= 15 is 0 Å². The van der Waals surface area contributed by atoms with Gasteiger partial charge in [0.2, 0.25) is 0 Å². The molecular weight excluding hydrogens is 292 g/mol. The summed E-state index contributed by atoms with van der Waals surface area (Å²) < 4.78 is 0. The molecule has 5 heteroatoms. The smallest absolute Gasteiger partial charge is 0.352 e. The molecular formula is C18H20N2O3. The van der Waals surface area contributed by atoms with Crippen molar-refractivity contribution in [1.82, 2.24) is 4.98 Å². The summed E-state index contributed by atoms with van der Waals surface area (Å²) in [6, 6.07) is 11.9. The maximum atomic E-state index is 10.7. The number of hydrogen-bond donors (Lipinski definition) is 0. The number of nitrogens with zero attached hydrogens (tertiary/aromatic N) is 2. The number of pyridine rings is 1. The molecule has 0 spiro atoms. The van der Waals surface area contributed by atoms with Gasteiger partial charge < -0.3 is 4.90 Å². The molecule has 0 radical (unpaired) electrons. The number of aromatic nitrogens is 1. The van der Waals surface area contributed by atoms with E-state index in [-0.39, 0.29) is 0 Å². The third kappa shape index (κ3) is 4.00. The van der Waals surface area contributed by atoms with Gasteiger partial charge in [-0.15, -0.1) is 0 Å². The van der Waals surface area contributed by atoms with Crippen LogP contribution in [0, 0.1) is 0 Å². The highest BCUT2D eigenvalue weighted by Gasteiger charge is 2.20. The fourth-order valence-electron chi connectivity index (χ4n) is 2.93. The van der Waals surface area contributed by atoms with E-state index in [0.717, 1.165) is 25.9 Å². The van der Waals surface area contributed by atoms with Crippen LogP contribution in [-0.2, 0) is 9.68 Å². The summed E-state index contributed by atoms with van der Waals surface area (Å²) in [7, 11) is 0. The molecule has 0 unspecified atom stereocenters. The number of hydrogen-bond acceptors (Lipinski definition) is 5. The van der Waals surface area contributed by atoms with Crippen LogP contribution in [0.1, 0.15) is 31.2 Å². The van der Waals surface area contributed by atoms with E-state index in [1.807, 2.05) is 36.7 Å². The molecule has 0 N–H and O–H groups in total. The summed E-state index contributed by atoms with van der Waals surface area (Å²) >= 11 is 0. The van der Waals surface area contributed by atoms with Gasteiger partial charge in [-0.1, -0.05) is 12.1 Å². The Labute approximate surface area is 135 Å². The lowest BCUT2D eigenvalue weighted by molar-refractivity contribution is -0.210. The Hall–Kier alpha value is -2.56. The van der Waals surface area contributed by atoms with Crippen LogP contribution in [0.4, 0.5) is 5.69 Å². The van der Waals surface area contributed by atoms with Gasteiger partial charge in [-0.25, -0.2) is 4.79 Å². The Bertz CT molecular complexity index is 635. The van der Waals surface area contributed by atoms with Crippen molar-refractivity contribution in [3.05, 3.63) is 54.4 Å². The Morgan fingerprint density at radius 3 is 2.35 bits per heavy atom. The van der Waals surface area contributed by atoms with Crippen molar-refractivity contribution in [3.8, 4) is 5.75 Å². The van der Waals surface area contributed by atoms with Gasteiger partial charge in [0, 0.05) is 38.1 Å². The van der Waals surface area contributed by atoms with Gasteiger partial charge >= 0.3 is 5.97 Å². The van der Waals surface area contributed by atoms with E-state index in [4.69, 9.17) is 4.89 Å². The molecule has 2 heterocycles. The minimum Gasteiger partial charge on any atom is -0.371 e. The lowest BCUT2D eigenvalue weighted by atomic mass is 9.89. The number of benzene rings is 1. The molecule has 1 aliphatic heterocycles.